The van der Waals surface area contributed by atoms with Gasteiger partial charge in [-0.25, -0.2) is 9.97 Å². The van der Waals surface area contributed by atoms with Gasteiger partial charge in [0.1, 0.15) is 5.82 Å². The smallest absolute Gasteiger partial charge is 0.259 e. The number of thiazole rings is 1. The number of aryl methyl sites for hydroxylation is 3. The van der Waals surface area contributed by atoms with Gasteiger partial charge in [-0.3, -0.25) is 14.4 Å². The van der Waals surface area contributed by atoms with Crippen LogP contribution in [0.15, 0.2) is 83.1 Å². The Morgan fingerprint density at radius 2 is 1.60 bits per heavy atom. The van der Waals surface area contributed by atoms with E-state index in [0.29, 0.717) is 49.2 Å². The molecule has 1 fully saturated rings. The lowest BCUT2D eigenvalue weighted by molar-refractivity contribution is -0.144. The lowest BCUT2D eigenvalue weighted by atomic mass is 9.77. The average molecular weight is 767 g/mol. The summed E-state index contributed by atoms with van der Waals surface area (Å²) < 4.78 is 5.98. The van der Waals surface area contributed by atoms with E-state index in [9.17, 15) is 19.5 Å². The minimum atomic E-state index is -0.700. The largest absolute Gasteiger partial charge is 0.391 e. The van der Waals surface area contributed by atoms with Gasteiger partial charge in [-0.15, -0.1) is 11.3 Å². The first-order chi connectivity index (χ1) is 25.5. The Balaban J connectivity index is 0.00000336. The van der Waals surface area contributed by atoms with Crippen LogP contribution < -0.4 is 5.56 Å². The summed E-state index contributed by atoms with van der Waals surface area (Å²) in [6, 6.07) is 23.0. The number of amides is 1. The van der Waals surface area contributed by atoms with E-state index in [-0.39, 0.29) is 56.4 Å². The van der Waals surface area contributed by atoms with Crippen LogP contribution in [-0.4, -0.2) is 68.6 Å². The molecule has 3 atom stereocenters. The Kier molecular flexibility index (Phi) is 15.2. The molecule has 0 saturated carbocycles. The molecule has 10 heteroatoms. The third-order valence-corrected chi connectivity index (χ3v) is 11.3. The highest BCUT2D eigenvalue weighted by Crippen LogP contribution is 2.35. The number of hydrogen-bond acceptors (Lipinski definition) is 8. The summed E-state index contributed by atoms with van der Waals surface area (Å²) in [5.74, 6) is 0.213. The molecule has 3 aromatic carbocycles. The van der Waals surface area contributed by atoms with Gasteiger partial charge in [-0.05, 0) is 73.3 Å². The molecule has 6 rings (SSSR count). The lowest BCUT2D eigenvalue weighted by Gasteiger charge is -2.35. The van der Waals surface area contributed by atoms with E-state index in [1.165, 1.54) is 5.56 Å². The molecular formula is C45H58N4O5S. The van der Waals surface area contributed by atoms with E-state index in [1.807, 2.05) is 42.8 Å². The second-order valence-electron chi connectivity index (χ2n) is 15.2. The predicted molar refractivity (Wildman–Crippen MR) is 224 cm³/mol. The number of aromatic amines is 1. The second-order valence-corrected chi connectivity index (χ2v) is 16.1. The Hall–Kier alpha value is -4.51. The zero-order valence-corrected chi connectivity index (χ0v) is 32.0. The molecular weight excluding hydrogens is 709 g/mol. The molecule has 0 unspecified atom stereocenters. The number of aliphatic hydroxyl groups is 1. The first-order valence-electron chi connectivity index (χ1n) is 18.6. The van der Waals surface area contributed by atoms with E-state index >= 15 is 0 Å². The van der Waals surface area contributed by atoms with E-state index in [1.54, 1.807) is 22.3 Å². The van der Waals surface area contributed by atoms with Crippen LogP contribution in [0.25, 0.3) is 32.7 Å². The zero-order valence-electron chi connectivity index (χ0n) is 31.1. The predicted octanol–water partition coefficient (Wildman–Crippen LogP) is 8.85. The Morgan fingerprint density at radius 1 is 0.945 bits per heavy atom. The van der Waals surface area contributed by atoms with Crippen molar-refractivity contribution in [1.82, 2.24) is 19.9 Å². The molecule has 55 heavy (non-hydrogen) atoms. The fraction of sp³-hybridized carbons (Fsp3) is 0.444. The van der Waals surface area contributed by atoms with Crippen molar-refractivity contribution in [3.05, 3.63) is 105 Å². The van der Waals surface area contributed by atoms with E-state index in [0.717, 1.165) is 46.5 Å². The fourth-order valence-electron chi connectivity index (χ4n) is 7.25. The summed E-state index contributed by atoms with van der Waals surface area (Å²) in [4.78, 5) is 54.6. The Labute approximate surface area is 330 Å². The molecule has 0 aliphatic carbocycles. The number of β-amino-alcohol motifs (C(OH)–C–C–N with tert-alkyl or cyclic N) is 1. The fourth-order valence-corrected chi connectivity index (χ4v) is 8.06. The number of likely N-dealkylation sites (tertiary alicyclic amines) is 1. The van der Waals surface area contributed by atoms with Gasteiger partial charge in [-0.1, -0.05) is 96.3 Å². The van der Waals surface area contributed by atoms with Crippen LogP contribution in [0.1, 0.15) is 84.5 Å². The number of ketones is 1. The molecule has 9 nitrogen and oxygen atoms in total. The Bertz CT molecular complexity index is 2070. The summed E-state index contributed by atoms with van der Waals surface area (Å²) in [5.41, 5.74) is 7.30. The number of ether oxygens (including phenoxy) is 1. The quantitative estimate of drug-likeness (QED) is 0.102. The molecule has 2 N–H and O–H groups in total. The van der Waals surface area contributed by atoms with Gasteiger partial charge in [0.15, 0.2) is 5.78 Å². The standard InChI is InChI=1S/C43H50N4O5S.2CH4/c1-28-39(53-27-44-28)31-18-13-30(14-19-31)17-22-38(49)37-25-33(48)26-47(37)42(51)35(43(2,3)4)11-8-24-52-23-7-9-29-15-20-32(21-16-29)40-45-36-12-6-5-10-34(36)41(50)46-40;;/h5-6,10,12-16,18-21,27,33,35,37,48H,7-9,11,17,22-26H2,1-4H3,(H,45,46,50);2*1H4/t33-,35-,37+;;/m1../s1. The third-order valence-electron chi connectivity index (χ3n) is 10.3. The van der Waals surface area contributed by atoms with Crippen molar-refractivity contribution in [2.24, 2.45) is 11.3 Å². The van der Waals surface area contributed by atoms with Crippen molar-refractivity contribution < 1.29 is 19.4 Å². The highest BCUT2D eigenvalue weighted by atomic mass is 32.1. The SMILES string of the molecule is C.C.Cc1ncsc1-c1ccc(CCC(=O)[C@@H]2C[C@@H](O)CN2C(=O)[C@@H](CCCOCCCc2ccc(-c3nc4ccccc4c(=O)[nH]3)cc2)C(C)(C)C)cc1. The van der Waals surface area contributed by atoms with Crippen LogP contribution in [0.5, 0.6) is 0 Å². The van der Waals surface area contributed by atoms with Crippen LogP contribution in [0.2, 0.25) is 0 Å². The number of nitrogens with one attached hydrogen (secondary N) is 1. The maximum absolute atomic E-state index is 14.0. The molecule has 1 aliphatic rings. The molecule has 5 aromatic rings. The van der Waals surface area contributed by atoms with Crippen molar-refractivity contribution in [2.45, 2.75) is 99.6 Å². The number of hydrogen-bond donors (Lipinski definition) is 2. The number of carbonyl (C=O) groups excluding carboxylic acids is 2. The van der Waals surface area contributed by atoms with Gasteiger partial charge >= 0.3 is 0 Å². The van der Waals surface area contributed by atoms with Gasteiger partial charge in [-0.2, -0.15) is 0 Å². The minimum Gasteiger partial charge on any atom is -0.391 e. The van der Waals surface area contributed by atoms with E-state index in [4.69, 9.17) is 4.74 Å². The summed E-state index contributed by atoms with van der Waals surface area (Å²) >= 11 is 1.62. The second kappa shape index (κ2) is 19.4. The number of nitrogens with zero attached hydrogens (tertiary/aromatic N) is 3. The van der Waals surface area contributed by atoms with Crippen molar-refractivity contribution >= 4 is 33.9 Å². The summed E-state index contributed by atoms with van der Waals surface area (Å²) in [6.07, 6.45) is 3.59. The highest BCUT2D eigenvalue weighted by molar-refractivity contribution is 7.13. The monoisotopic (exact) mass is 766 g/mol. The van der Waals surface area contributed by atoms with E-state index < -0.39 is 12.1 Å². The molecule has 0 bridgehead atoms. The number of H-pyrrole nitrogens is 1. The molecule has 0 spiro atoms. The molecule has 0 radical (unpaired) electrons. The normalized spacial score (nSPS) is 16.1. The molecule has 294 valence electrons. The van der Waals surface area contributed by atoms with Crippen LogP contribution in [0, 0.1) is 18.3 Å². The van der Waals surface area contributed by atoms with Gasteiger partial charge in [0.25, 0.3) is 5.56 Å². The summed E-state index contributed by atoms with van der Waals surface area (Å²) in [5, 5.41) is 11.2. The number of rotatable bonds is 15. The number of para-hydroxylation sites is 1. The van der Waals surface area contributed by atoms with Crippen LogP contribution in [0.3, 0.4) is 0 Å². The van der Waals surface area contributed by atoms with Crippen LogP contribution >= 0.6 is 11.3 Å². The number of benzene rings is 3. The molecule has 2 aromatic heterocycles. The number of carbonyl (C=O) groups is 2. The molecule has 1 saturated heterocycles. The van der Waals surface area contributed by atoms with Gasteiger partial charge in [0, 0.05) is 44.1 Å². The summed E-state index contributed by atoms with van der Waals surface area (Å²) in [6.45, 7) is 9.55. The van der Waals surface area contributed by atoms with Gasteiger partial charge < -0.3 is 19.7 Å². The van der Waals surface area contributed by atoms with E-state index in [2.05, 4.69) is 72.1 Å². The maximum atomic E-state index is 14.0. The topological polar surface area (TPSA) is 125 Å². The number of aromatic nitrogens is 3. The van der Waals surface area contributed by atoms with Crippen molar-refractivity contribution in [2.75, 3.05) is 19.8 Å². The van der Waals surface area contributed by atoms with Gasteiger partial charge in [0.05, 0.1) is 39.1 Å². The minimum absolute atomic E-state index is 0. The molecule has 3 heterocycles. The third kappa shape index (κ3) is 10.8. The first kappa shape index (κ1) is 43.2. The summed E-state index contributed by atoms with van der Waals surface area (Å²) in [7, 11) is 0. The zero-order chi connectivity index (χ0) is 37.5. The van der Waals surface area contributed by atoms with Crippen molar-refractivity contribution in [3.63, 3.8) is 0 Å². The first-order valence-corrected chi connectivity index (χ1v) is 19.5. The highest BCUT2D eigenvalue weighted by Gasteiger charge is 2.43. The van der Waals surface area contributed by atoms with Crippen molar-refractivity contribution in [3.8, 4) is 21.8 Å². The molecule has 1 amide bonds. The maximum Gasteiger partial charge on any atom is 0.259 e. The number of Topliss-reactive ketones (excluding diaryl/α,β-unsaturated/α-hetero) is 1. The average Bonchev–Trinajstić information content (AvgIpc) is 3.76. The van der Waals surface area contributed by atoms with Crippen LogP contribution in [-0.2, 0) is 27.2 Å². The Morgan fingerprint density at radius 3 is 2.27 bits per heavy atom. The number of fused-ring (bicyclic) bond motifs is 1. The van der Waals surface area contributed by atoms with Crippen molar-refractivity contribution in [1.29, 1.82) is 0 Å². The number of aliphatic hydroxyl groups excluding tert-OH is 1. The lowest BCUT2D eigenvalue weighted by Crippen LogP contribution is -2.47. The van der Waals surface area contributed by atoms with Gasteiger partial charge in [0.2, 0.25) is 5.91 Å². The van der Waals surface area contributed by atoms with Crippen LogP contribution in [0.4, 0.5) is 0 Å². The molecule has 1 aliphatic heterocycles.